The summed E-state index contributed by atoms with van der Waals surface area (Å²) in [5.41, 5.74) is 4.52. The van der Waals surface area contributed by atoms with E-state index in [1.807, 2.05) is 0 Å². The van der Waals surface area contributed by atoms with Gasteiger partial charge >= 0.3 is 0 Å². The summed E-state index contributed by atoms with van der Waals surface area (Å²) in [6.07, 6.45) is 21.2. The highest BCUT2D eigenvalue weighted by molar-refractivity contribution is 5.50. The summed E-state index contributed by atoms with van der Waals surface area (Å²) in [5, 5.41) is 4.35. The van der Waals surface area contributed by atoms with Crippen LogP contribution in [0.5, 0.6) is 0 Å². The minimum absolute atomic E-state index is 0.686. The Morgan fingerprint density at radius 1 is 0.400 bits per heavy atom. The molecule has 1 nitrogen and oxygen atoms in total. The minimum atomic E-state index is 0.686. The molecule has 1 aliphatic heterocycles. The summed E-state index contributed by atoms with van der Waals surface area (Å²) in [6, 6.07) is 0.686. The monoisotopic (exact) mass is 527 g/mol. The van der Waals surface area contributed by atoms with Crippen LogP contribution in [0.1, 0.15) is 38.5 Å². The van der Waals surface area contributed by atoms with E-state index in [4.69, 9.17) is 0 Å². The van der Waals surface area contributed by atoms with Gasteiger partial charge in [-0.15, -0.1) is 0 Å². The summed E-state index contributed by atoms with van der Waals surface area (Å²) >= 11 is 0. The fraction of sp³-hybridized carbons (Fsp3) is 0.846. The van der Waals surface area contributed by atoms with Crippen LogP contribution in [0, 0.1) is 148 Å². The Labute approximate surface area is 239 Å². The zero-order valence-electron chi connectivity index (χ0n) is 23.8. The van der Waals surface area contributed by atoms with Gasteiger partial charge in [0.25, 0.3) is 0 Å². The van der Waals surface area contributed by atoms with E-state index in [2.05, 4.69) is 40.8 Å². The minimum Gasteiger partial charge on any atom is -0.310 e. The number of hydrogen-bond acceptors (Lipinski definition) is 1. The van der Waals surface area contributed by atoms with Crippen LogP contribution in [0.25, 0.3) is 0 Å². The molecule has 0 amide bonds. The van der Waals surface area contributed by atoms with Gasteiger partial charge in [0.2, 0.25) is 0 Å². The van der Waals surface area contributed by atoms with Gasteiger partial charge in [0.05, 0.1) is 0 Å². The maximum atomic E-state index is 4.35. The third kappa shape index (κ3) is 1.62. The number of hydrogen-bond donors (Lipinski definition) is 1. The van der Waals surface area contributed by atoms with E-state index < -0.39 is 0 Å². The smallest absolute Gasteiger partial charge is 0.0287 e. The Bertz CT molecular complexity index is 1420. The van der Waals surface area contributed by atoms with Crippen molar-refractivity contribution in [2.75, 3.05) is 6.54 Å². The zero-order chi connectivity index (χ0) is 24.7. The van der Waals surface area contributed by atoms with Crippen LogP contribution < -0.4 is 5.32 Å². The molecule has 14 aliphatic carbocycles. The largest absolute Gasteiger partial charge is 0.310 e. The maximum absolute atomic E-state index is 4.35. The van der Waals surface area contributed by atoms with Crippen LogP contribution in [-0.2, 0) is 0 Å². The van der Waals surface area contributed by atoms with E-state index in [0.717, 1.165) is 124 Å². The molecule has 0 aromatic heterocycles. The van der Waals surface area contributed by atoms with Crippen LogP contribution in [0.15, 0.2) is 35.5 Å². The van der Waals surface area contributed by atoms with E-state index in [0.29, 0.717) is 6.04 Å². The normalized spacial score (nSPS) is 78.4. The Morgan fingerprint density at radius 2 is 1.00 bits per heavy atom. The second-order valence-electron chi connectivity index (χ2n) is 19.2. The average molecular weight is 528 g/mol. The molecule has 26 atom stereocenters. The molecule has 1 saturated heterocycles. The Morgan fingerprint density at radius 3 is 1.88 bits per heavy atom. The van der Waals surface area contributed by atoms with Gasteiger partial charge < -0.3 is 5.32 Å². The van der Waals surface area contributed by atoms with Crippen molar-refractivity contribution in [2.45, 2.75) is 44.6 Å². The molecule has 11 fully saturated rings. The van der Waals surface area contributed by atoms with E-state index in [-0.39, 0.29) is 0 Å². The first-order chi connectivity index (χ1) is 19.9. The molecule has 206 valence electrons. The van der Waals surface area contributed by atoms with Gasteiger partial charge in [0.15, 0.2) is 0 Å². The molecule has 10 saturated carbocycles. The summed E-state index contributed by atoms with van der Waals surface area (Å²) in [7, 11) is 0. The van der Waals surface area contributed by atoms with Crippen molar-refractivity contribution in [3.8, 4) is 0 Å². The topological polar surface area (TPSA) is 12.0 Å². The van der Waals surface area contributed by atoms with Crippen molar-refractivity contribution in [1.82, 2.24) is 5.32 Å². The van der Waals surface area contributed by atoms with Crippen LogP contribution in [-0.4, -0.2) is 12.6 Å². The molecular weight excluding hydrogens is 482 g/mol. The summed E-state index contributed by atoms with van der Waals surface area (Å²) < 4.78 is 0. The third-order valence-electron chi connectivity index (χ3n) is 20.2. The summed E-state index contributed by atoms with van der Waals surface area (Å²) in [4.78, 5) is 0. The zero-order valence-corrected chi connectivity index (χ0v) is 23.8. The van der Waals surface area contributed by atoms with Gasteiger partial charge in [-0.3, -0.25) is 0 Å². The van der Waals surface area contributed by atoms with Crippen molar-refractivity contribution in [3.63, 3.8) is 0 Å². The van der Waals surface area contributed by atoms with Gasteiger partial charge in [0.1, 0.15) is 0 Å². The lowest BCUT2D eigenvalue weighted by atomic mass is 9.44. The number of fused-ring (bicyclic) bond motifs is 4. The molecule has 26 unspecified atom stereocenters. The lowest BCUT2D eigenvalue weighted by Gasteiger charge is -2.60. The van der Waals surface area contributed by atoms with E-state index in [9.17, 15) is 0 Å². The van der Waals surface area contributed by atoms with Gasteiger partial charge in [0, 0.05) is 6.04 Å². The van der Waals surface area contributed by atoms with Crippen LogP contribution in [0.4, 0.5) is 0 Å². The van der Waals surface area contributed by atoms with Gasteiger partial charge in [-0.05, 0) is 193 Å². The Balaban J connectivity index is 1.12. The molecule has 1 N–H and O–H groups in total. The Hall–Kier alpha value is -0.820. The van der Waals surface area contributed by atoms with Crippen molar-refractivity contribution in [3.05, 3.63) is 35.5 Å². The number of nitrogens with one attached hydrogen (secondary N) is 1. The third-order valence-corrected chi connectivity index (χ3v) is 20.2. The second kappa shape index (κ2) is 5.83. The molecule has 0 aromatic rings. The van der Waals surface area contributed by atoms with E-state index in [1.54, 1.807) is 32.1 Å². The van der Waals surface area contributed by atoms with E-state index in [1.165, 1.54) is 36.6 Å². The van der Waals surface area contributed by atoms with Crippen LogP contribution >= 0.6 is 0 Å². The number of rotatable bonds is 0. The lowest BCUT2D eigenvalue weighted by Crippen LogP contribution is -2.58. The molecule has 40 heavy (non-hydrogen) atoms. The SMILES string of the molecule is C1=CC2C3C=CC4C5CCC6C7CCC8C9CCNC1C1C%10CC9C9C8C7C7C6C5C5C6C(=C(C21)C3C45)C%10C9C67. The molecular formula is C39H45N. The predicted octanol–water partition coefficient (Wildman–Crippen LogP) is 6.30. The van der Waals surface area contributed by atoms with Crippen molar-refractivity contribution < 1.29 is 0 Å². The summed E-state index contributed by atoms with van der Waals surface area (Å²) in [5.74, 6) is 26.9. The van der Waals surface area contributed by atoms with Crippen molar-refractivity contribution in [1.29, 1.82) is 0 Å². The second-order valence-corrected chi connectivity index (χ2v) is 19.2. The molecule has 1 heteroatoms. The van der Waals surface area contributed by atoms with Crippen LogP contribution in [0.2, 0.25) is 0 Å². The maximum Gasteiger partial charge on any atom is 0.0287 e. The van der Waals surface area contributed by atoms with Gasteiger partial charge in [-0.1, -0.05) is 35.5 Å². The van der Waals surface area contributed by atoms with Crippen LogP contribution in [0.3, 0.4) is 0 Å². The highest BCUT2D eigenvalue weighted by Gasteiger charge is 2.83. The first-order valence-electron chi connectivity index (χ1n) is 18.7. The Kier molecular flexibility index (Phi) is 2.94. The standard InChI is InChI=1S/C39H45N/c1-2-14-15-3-4-17-16-5-6-18-19-7-8-22-23-21-11-20-12(9-10-40-22)13(1)25-26(14)34-29(15)30(17)35-28(16)27(18)33(24(19)23)37-32(21)36(31(20)25)38(34)39(35)37/h5-8,12-32,34-36,38-40H,1-4,9-11H2. The highest BCUT2D eigenvalue weighted by atomic mass is 15.0. The quantitative estimate of drug-likeness (QED) is 0.365. The van der Waals surface area contributed by atoms with Crippen molar-refractivity contribution in [2.24, 2.45) is 148 Å². The molecule has 0 radical (unpaired) electrons. The molecule has 15 rings (SSSR count). The first-order valence-corrected chi connectivity index (χ1v) is 18.7. The predicted molar refractivity (Wildman–Crippen MR) is 152 cm³/mol. The average Bonchev–Trinajstić information content (AvgIpc) is 3.75. The van der Waals surface area contributed by atoms with Crippen molar-refractivity contribution >= 4 is 0 Å². The highest BCUT2D eigenvalue weighted by Crippen LogP contribution is 2.88. The van der Waals surface area contributed by atoms with Gasteiger partial charge in [-0.25, -0.2) is 0 Å². The molecule has 0 aromatic carbocycles. The fourth-order valence-electron chi connectivity index (χ4n) is 21.0. The number of allylic oxidation sites excluding steroid dienone is 5. The molecule has 2 bridgehead atoms. The van der Waals surface area contributed by atoms with E-state index >= 15 is 0 Å². The fourth-order valence-corrected chi connectivity index (χ4v) is 21.0. The lowest BCUT2D eigenvalue weighted by molar-refractivity contribution is -0.136. The summed E-state index contributed by atoms with van der Waals surface area (Å²) in [6.45, 7) is 1.33. The van der Waals surface area contributed by atoms with Gasteiger partial charge in [-0.2, -0.15) is 0 Å². The first kappa shape index (κ1) is 20.2. The molecule has 0 spiro atoms. The molecule has 15 aliphatic rings. The molecule has 1 heterocycles.